The van der Waals surface area contributed by atoms with Crippen LogP contribution in [0.4, 0.5) is 0 Å². The van der Waals surface area contributed by atoms with E-state index in [1.807, 2.05) is 55.5 Å². The van der Waals surface area contributed by atoms with Gasteiger partial charge in [-0.25, -0.2) is 0 Å². The van der Waals surface area contributed by atoms with E-state index in [-0.39, 0.29) is 12.2 Å². The van der Waals surface area contributed by atoms with Gasteiger partial charge in [0.15, 0.2) is 34.9 Å². The minimum absolute atomic E-state index is 0.227. The number of benzene rings is 2. The van der Waals surface area contributed by atoms with Crippen molar-refractivity contribution in [3.63, 3.8) is 0 Å². The number of hydrogen-bond acceptors (Lipinski definition) is 8. The average molecular weight is 466 g/mol. The van der Waals surface area contributed by atoms with E-state index < -0.39 is 6.10 Å². The lowest BCUT2D eigenvalue weighted by atomic mass is 10.2. The molecule has 0 fully saturated rings. The van der Waals surface area contributed by atoms with Gasteiger partial charge < -0.3 is 18.9 Å². The fraction of sp³-hybridized carbons (Fsp3) is 0.292. The number of para-hydroxylation sites is 2. The van der Waals surface area contributed by atoms with Gasteiger partial charge in [-0.1, -0.05) is 36.5 Å². The van der Waals surface area contributed by atoms with Crippen LogP contribution < -0.4 is 29.0 Å². The smallest absolute Gasteiger partial charge is 0.291 e. The number of thiazole rings is 1. The molecule has 0 N–H and O–H groups in total. The van der Waals surface area contributed by atoms with Gasteiger partial charge >= 0.3 is 0 Å². The molecule has 0 amide bonds. The van der Waals surface area contributed by atoms with Gasteiger partial charge in [-0.05, 0) is 49.2 Å². The van der Waals surface area contributed by atoms with Crippen molar-refractivity contribution in [3.8, 4) is 23.0 Å². The summed E-state index contributed by atoms with van der Waals surface area (Å²) in [7, 11) is 0. The maximum atomic E-state index is 13.0. The zero-order valence-corrected chi connectivity index (χ0v) is 19.1. The van der Waals surface area contributed by atoms with E-state index in [2.05, 4.69) is 17.0 Å². The Balaban J connectivity index is 1.43. The van der Waals surface area contributed by atoms with Crippen molar-refractivity contribution in [2.45, 2.75) is 26.4 Å². The normalized spacial score (nSPS) is 15.7. The van der Waals surface area contributed by atoms with Gasteiger partial charge in [0.05, 0.1) is 17.7 Å². The second-order valence-corrected chi connectivity index (χ2v) is 8.44. The summed E-state index contributed by atoms with van der Waals surface area (Å²) in [5.41, 5.74) is 0.611. The fourth-order valence-electron chi connectivity index (χ4n) is 3.50. The third kappa shape index (κ3) is 4.23. The number of nitrogens with zero attached hydrogens (tertiary/aromatic N) is 3. The zero-order chi connectivity index (χ0) is 22.8. The maximum Gasteiger partial charge on any atom is 0.291 e. The molecular formula is C24H23N3O5S. The van der Waals surface area contributed by atoms with Gasteiger partial charge in [0.25, 0.3) is 5.56 Å². The Bertz CT molecular complexity index is 1400. The third-order valence-corrected chi connectivity index (χ3v) is 5.98. The molecule has 3 heterocycles. The first-order valence-corrected chi connectivity index (χ1v) is 11.7. The van der Waals surface area contributed by atoms with Crippen molar-refractivity contribution in [1.82, 2.24) is 14.6 Å². The summed E-state index contributed by atoms with van der Waals surface area (Å²) >= 11 is 1.28. The fourth-order valence-corrected chi connectivity index (χ4v) is 4.41. The molecule has 9 heteroatoms. The molecule has 1 aliphatic rings. The highest BCUT2D eigenvalue weighted by atomic mass is 32.1. The molecule has 0 radical (unpaired) electrons. The minimum Gasteiger partial charge on any atom is -0.490 e. The predicted molar refractivity (Wildman–Crippen MR) is 125 cm³/mol. The average Bonchev–Trinajstić information content (AvgIpc) is 3.38. The molecule has 2 aromatic heterocycles. The molecule has 0 spiro atoms. The van der Waals surface area contributed by atoms with Gasteiger partial charge in [-0.2, -0.15) is 9.50 Å². The van der Waals surface area contributed by atoms with Crippen molar-refractivity contribution in [1.29, 1.82) is 0 Å². The molecule has 2 aromatic carbocycles. The number of ether oxygens (including phenoxy) is 4. The Morgan fingerprint density at radius 2 is 2.00 bits per heavy atom. The number of hydrogen-bond donors (Lipinski definition) is 0. The number of aromatic nitrogens is 3. The lowest BCUT2D eigenvalue weighted by Crippen LogP contribution is -2.26. The quantitative estimate of drug-likeness (QED) is 0.414. The molecule has 8 nitrogen and oxygen atoms in total. The summed E-state index contributed by atoms with van der Waals surface area (Å²) in [6, 6.07) is 13.1. The van der Waals surface area contributed by atoms with Gasteiger partial charge in [0.2, 0.25) is 4.96 Å². The standard InChI is InChI=1S/C24H23N3O5S/c1-3-11-30-17-10-9-15(12-19(17)29-4-2)13-21-23(28)27-24(33-21)25-22(26-27)20-14-31-16-7-5-6-8-18(16)32-20/h5-10,12-13,20H,3-4,11,14H2,1-2H3/b21-13+/t20-/m0/s1. The number of fused-ring (bicyclic) bond motifs is 2. The van der Waals surface area contributed by atoms with Crippen molar-refractivity contribution < 1.29 is 18.9 Å². The molecule has 5 rings (SSSR count). The molecule has 0 bridgehead atoms. The largest absolute Gasteiger partial charge is 0.490 e. The molecule has 0 saturated carbocycles. The Morgan fingerprint density at radius 3 is 2.79 bits per heavy atom. The first kappa shape index (κ1) is 21.3. The van der Waals surface area contributed by atoms with Crippen LogP contribution in [0.15, 0.2) is 47.3 Å². The Kier molecular flexibility index (Phi) is 5.87. The van der Waals surface area contributed by atoms with Crippen molar-refractivity contribution in [2.24, 2.45) is 0 Å². The lowest BCUT2D eigenvalue weighted by molar-refractivity contribution is 0.0852. The van der Waals surface area contributed by atoms with Crippen molar-refractivity contribution in [3.05, 3.63) is 68.7 Å². The molecule has 1 aliphatic heterocycles. The van der Waals surface area contributed by atoms with E-state index >= 15 is 0 Å². The van der Waals surface area contributed by atoms with Crippen LogP contribution in [0.3, 0.4) is 0 Å². The van der Waals surface area contributed by atoms with Crippen LogP contribution in [0.2, 0.25) is 0 Å². The third-order valence-electron chi connectivity index (χ3n) is 5.02. The van der Waals surface area contributed by atoms with E-state index in [0.717, 1.165) is 12.0 Å². The first-order chi connectivity index (χ1) is 16.2. The Morgan fingerprint density at radius 1 is 1.15 bits per heavy atom. The molecule has 4 aromatic rings. The second kappa shape index (κ2) is 9.11. The van der Waals surface area contributed by atoms with Crippen LogP contribution >= 0.6 is 11.3 Å². The summed E-state index contributed by atoms with van der Waals surface area (Å²) < 4.78 is 25.0. The summed E-state index contributed by atoms with van der Waals surface area (Å²) in [5, 5.41) is 4.40. The van der Waals surface area contributed by atoms with Gasteiger partial charge in [0, 0.05) is 0 Å². The van der Waals surface area contributed by atoms with Crippen LogP contribution in [0.25, 0.3) is 11.0 Å². The van der Waals surface area contributed by atoms with E-state index in [4.69, 9.17) is 18.9 Å². The molecule has 1 atom stereocenters. The summed E-state index contributed by atoms with van der Waals surface area (Å²) in [6.45, 7) is 5.40. The van der Waals surface area contributed by atoms with Crippen molar-refractivity contribution >= 4 is 22.4 Å². The topological polar surface area (TPSA) is 84.2 Å². The summed E-state index contributed by atoms with van der Waals surface area (Å²) in [5.74, 6) is 3.11. The second-order valence-electron chi connectivity index (χ2n) is 7.43. The van der Waals surface area contributed by atoms with Crippen LogP contribution in [0, 0.1) is 0 Å². The molecule has 0 unspecified atom stereocenters. The van der Waals surface area contributed by atoms with E-state index in [0.29, 0.717) is 51.5 Å². The van der Waals surface area contributed by atoms with Crippen LogP contribution in [0.1, 0.15) is 37.8 Å². The van der Waals surface area contributed by atoms with E-state index in [1.165, 1.54) is 15.9 Å². The minimum atomic E-state index is -0.469. The zero-order valence-electron chi connectivity index (χ0n) is 18.3. The molecule has 0 aliphatic carbocycles. The van der Waals surface area contributed by atoms with Gasteiger partial charge in [-0.3, -0.25) is 4.79 Å². The Hall–Kier alpha value is -3.59. The van der Waals surface area contributed by atoms with Crippen LogP contribution in [0.5, 0.6) is 23.0 Å². The molecule has 33 heavy (non-hydrogen) atoms. The number of rotatable bonds is 7. The van der Waals surface area contributed by atoms with Crippen molar-refractivity contribution in [2.75, 3.05) is 19.8 Å². The molecular weight excluding hydrogens is 442 g/mol. The highest BCUT2D eigenvalue weighted by Gasteiger charge is 2.27. The SMILES string of the molecule is CCCOc1ccc(/C=c2/sc3nc([C@@H]4COc5ccccc5O4)nn3c2=O)cc1OCC. The molecule has 0 saturated heterocycles. The summed E-state index contributed by atoms with van der Waals surface area (Å²) in [6.07, 6.45) is 2.25. The van der Waals surface area contributed by atoms with Gasteiger partial charge in [-0.15, -0.1) is 5.10 Å². The Labute approximate surface area is 194 Å². The highest BCUT2D eigenvalue weighted by Crippen LogP contribution is 2.35. The van der Waals surface area contributed by atoms with E-state index in [9.17, 15) is 4.79 Å². The van der Waals surface area contributed by atoms with Crippen LogP contribution in [-0.4, -0.2) is 34.4 Å². The highest BCUT2D eigenvalue weighted by molar-refractivity contribution is 7.15. The first-order valence-electron chi connectivity index (χ1n) is 10.9. The maximum absolute atomic E-state index is 13.0. The monoisotopic (exact) mass is 465 g/mol. The predicted octanol–water partition coefficient (Wildman–Crippen LogP) is 3.40. The summed E-state index contributed by atoms with van der Waals surface area (Å²) in [4.78, 5) is 18.0. The lowest BCUT2D eigenvalue weighted by Gasteiger charge is -2.24. The van der Waals surface area contributed by atoms with Gasteiger partial charge in [0.1, 0.15) is 6.61 Å². The van der Waals surface area contributed by atoms with Crippen LogP contribution in [-0.2, 0) is 0 Å². The molecule has 170 valence electrons. The van der Waals surface area contributed by atoms with E-state index in [1.54, 1.807) is 0 Å².